The zero-order valence-corrected chi connectivity index (χ0v) is 15.2. The van der Waals surface area contributed by atoms with Crippen LogP contribution < -0.4 is 15.0 Å². The zero-order chi connectivity index (χ0) is 18.4. The predicted octanol–water partition coefficient (Wildman–Crippen LogP) is 4.25. The molecular formula is C20H25FN2O2. The van der Waals surface area contributed by atoms with Crippen molar-refractivity contribution in [3.05, 3.63) is 53.8 Å². The molecule has 5 heteroatoms. The summed E-state index contributed by atoms with van der Waals surface area (Å²) in [4.78, 5) is 14.4. The lowest BCUT2D eigenvalue weighted by atomic mass is 10.1. The van der Waals surface area contributed by atoms with Crippen LogP contribution >= 0.6 is 0 Å². The number of rotatable bonds is 7. The average molecular weight is 344 g/mol. The average Bonchev–Trinajstić information content (AvgIpc) is 2.57. The van der Waals surface area contributed by atoms with Crippen molar-refractivity contribution in [2.75, 3.05) is 23.9 Å². The van der Waals surface area contributed by atoms with E-state index >= 15 is 0 Å². The van der Waals surface area contributed by atoms with Gasteiger partial charge in [0.2, 0.25) is 5.91 Å². The van der Waals surface area contributed by atoms with Gasteiger partial charge >= 0.3 is 0 Å². The number of nitrogens with one attached hydrogen (secondary N) is 1. The second-order valence-corrected chi connectivity index (χ2v) is 6.12. The number of amides is 1. The van der Waals surface area contributed by atoms with Crippen LogP contribution in [0.4, 0.5) is 15.8 Å². The van der Waals surface area contributed by atoms with E-state index in [1.54, 1.807) is 6.07 Å². The summed E-state index contributed by atoms with van der Waals surface area (Å²) in [5.74, 6) is -0.482. The molecule has 1 N–H and O–H groups in total. The number of benzene rings is 2. The fraction of sp³-hybridized carbons (Fsp3) is 0.350. The van der Waals surface area contributed by atoms with Gasteiger partial charge in [-0.25, -0.2) is 4.39 Å². The Morgan fingerprint density at radius 3 is 2.40 bits per heavy atom. The molecule has 0 unspecified atom stereocenters. The summed E-state index contributed by atoms with van der Waals surface area (Å²) < 4.78 is 18.6. The number of anilines is 2. The van der Waals surface area contributed by atoms with E-state index in [0.717, 1.165) is 17.9 Å². The van der Waals surface area contributed by atoms with Gasteiger partial charge in [-0.15, -0.1) is 0 Å². The van der Waals surface area contributed by atoms with Gasteiger partial charge in [-0.2, -0.15) is 0 Å². The Morgan fingerprint density at radius 2 is 1.88 bits per heavy atom. The van der Waals surface area contributed by atoms with Crippen molar-refractivity contribution in [3.8, 4) is 5.75 Å². The van der Waals surface area contributed by atoms with Crippen molar-refractivity contribution in [1.29, 1.82) is 0 Å². The van der Waals surface area contributed by atoms with Crippen molar-refractivity contribution >= 4 is 17.3 Å². The molecule has 0 radical (unpaired) electrons. The van der Waals surface area contributed by atoms with Crippen LogP contribution in [0.2, 0.25) is 0 Å². The first-order valence-corrected chi connectivity index (χ1v) is 8.43. The van der Waals surface area contributed by atoms with Gasteiger partial charge in [0, 0.05) is 24.0 Å². The maximum atomic E-state index is 13.7. The molecule has 0 aliphatic carbocycles. The lowest BCUT2D eigenvalue weighted by Gasteiger charge is -2.27. The highest BCUT2D eigenvalue weighted by molar-refractivity contribution is 5.92. The largest absolute Gasteiger partial charge is 0.494 e. The number of carbonyl (C=O) groups excluding carboxylic acids is 1. The molecule has 0 fully saturated rings. The molecule has 0 aromatic heterocycles. The monoisotopic (exact) mass is 344 g/mol. The molecule has 0 heterocycles. The van der Waals surface area contributed by atoms with Crippen LogP contribution in [0.1, 0.15) is 26.3 Å². The number of ether oxygens (including phenoxy) is 1. The highest BCUT2D eigenvalue weighted by atomic mass is 19.1. The minimum Gasteiger partial charge on any atom is -0.494 e. The Morgan fingerprint density at radius 1 is 1.20 bits per heavy atom. The van der Waals surface area contributed by atoms with Crippen molar-refractivity contribution in [2.24, 2.45) is 0 Å². The molecule has 0 aliphatic heterocycles. The van der Waals surface area contributed by atoms with E-state index < -0.39 is 5.82 Å². The molecule has 25 heavy (non-hydrogen) atoms. The fourth-order valence-electron chi connectivity index (χ4n) is 2.79. The van der Waals surface area contributed by atoms with E-state index in [0.29, 0.717) is 11.6 Å². The molecule has 2 aromatic rings. The minimum absolute atomic E-state index is 0.107. The van der Waals surface area contributed by atoms with Crippen LogP contribution in [0.15, 0.2) is 42.5 Å². The molecule has 2 aromatic carbocycles. The molecule has 1 amide bonds. The van der Waals surface area contributed by atoms with Crippen LogP contribution in [-0.4, -0.2) is 25.6 Å². The highest BCUT2D eigenvalue weighted by Gasteiger charge is 2.10. The van der Waals surface area contributed by atoms with Gasteiger partial charge in [0.25, 0.3) is 0 Å². The Labute approximate surface area is 148 Å². The standard InChI is InChI=1S/C20H25FN2O2/c1-5-23(14(2)3)17-9-7-16(8-10-17)22-20(24)13-15-6-11-19(25-4)18(21)12-15/h6-12,14H,5,13H2,1-4H3,(H,22,24). The zero-order valence-electron chi connectivity index (χ0n) is 15.2. The third kappa shape index (κ3) is 4.95. The summed E-state index contributed by atoms with van der Waals surface area (Å²) in [7, 11) is 1.41. The number of methoxy groups -OCH3 is 1. The Kier molecular flexibility index (Phi) is 6.39. The number of halogens is 1. The maximum Gasteiger partial charge on any atom is 0.228 e. The van der Waals surface area contributed by atoms with Gasteiger partial charge < -0.3 is 15.0 Å². The van der Waals surface area contributed by atoms with E-state index in [1.807, 2.05) is 24.3 Å². The molecule has 2 rings (SSSR count). The van der Waals surface area contributed by atoms with Gasteiger partial charge in [-0.05, 0) is 62.7 Å². The molecular weight excluding hydrogens is 319 g/mol. The van der Waals surface area contributed by atoms with Gasteiger partial charge in [-0.3, -0.25) is 4.79 Å². The molecule has 0 atom stereocenters. The van der Waals surface area contributed by atoms with Crippen LogP contribution in [0.3, 0.4) is 0 Å². The first-order chi connectivity index (χ1) is 11.9. The van der Waals surface area contributed by atoms with Gasteiger partial charge in [0.1, 0.15) is 0 Å². The molecule has 134 valence electrons. The minimum atomic E-state index is -0.467. The molecule has 0 bridgehead atoms. The van der Waals surface area contributed by atoms with E-state index in [9.17, 15) is 9.18 Å². The first-order valence-electron chi connectivity index (χ1n) is 8.43. The quantitative estimate of drug-likeness (QED) is 0.816. The van der Waals surface area contributed by atoms with Crippen LogP contribution in [0.25, 0.3) is 0 Å². The smallest absolute Gasteiger partial charge is 0.228 e. The van der Waals surface area contributed by atoms with Crippen LogP contribution in [-0.2, 0) is 11.2 Å². The van der Waals surface area contributed by atoms with E-state index in [-0.39, 0.29) is 18.1 Å². The number of hydrogen-bond donors (Lipinski definition) is 1. The SMILES string of the molecule is CCN(c1ccc(NC(=O)Cc2ccc(OC)c(F)c2)cc1)C(C)C. The summed E-state index contributed by atoms with van der Waals surface area (Å²) in [6, 6.07) is 12.7. The van der Waals surface area contributed by atoms with E-state index in [2.05, 4.69) is 31.0 Å². The Hall–Kier alpha value is -2.56. The lowest BCUT2D eigenvalue weighted by molar-refractivity contribution is -0.115. The van der Waals surface area contributed by atoms with Crippen molar-refractivity contribution in [1.82, 2.24) is 0 Å². The molecule has 0 saturated heterocycles. The molecule has 0 spiro atoms. The fourth-order valence-corrected chi connectivity index (χ4v) is 2.79. The maximum absolute atomic E-state index is 13.7. The molecule has 0 saturated carbocycles. The van der Waals surface area contributed by atoms with E-state index in [1.165, 1.54) is 19.2 Å². The van der Waals surface area contributed by atoms with E-state index in [4.69, 9.17) is 4.74 Å². The second-order valence-electron chi connectivity index (χ2n) is 6.12. The van der Waals surface area contributed by atoms with Crippen molar-refractivity contribution in [2.45, 2.75) is 33.2 Å². The summed E-state index contributed by atoms with van der Waals surface area (Å²) in [6.45, 7) is 7.33. The first kappa shape index (κ1) is 18.8. The normalized spacial score (nSPS) is 10.6. The summed E-state index contributed by atoms with van der Waals surface area (Å²) >= 11 is 0. The third-order valence-electron chi connectivity index (χ3n) is 4.03. The third-order valence-corrected chi connectivity index (χ3v) is 4.03. The van der Waals surface area contributed by atoms with Gasteiger partial charge in [0.15, 0.2) is 11.6 Å². The second kappa shape index (κ2) is 8.51. The topological polar surface area (TPSA) is 41.6 Å². The van der Waals surface area contributed by atoms with Gasteiger partial charge in [0.05, 0.1) is 13.5 Å². The summed E-state index contributed by atoms with van der Waals surface area (Å²) in [6.07, 6.45) is 0.107. The highest BCUT2D eigenvalue weighted by Crippen LogP contribution is 2.21. The van der Waals surface area contributed by atoms with Gasteiger partial charge in [-0.1, -0.05) is 6.07 Å². The Bertz CT molecular complexity index is 714. The van der Waals surface area contributed by atoms with Crippen LogP contribution in [0.5, 0.6) is 5.75 Å². The molecule has 0 aliphatic rings. The summed E-state index contributed by atoms with van der Waals surface area (Å²) in [5, 5.41) is 2.84. The van der Waals surface area contributed by atoms with Crippen LogP contribution in [0, 0.1) is 5.82 Å². The van der Waals surface area contributed by atoms with Crippen molar-refractivity contribution in [3.63, 3.8) is 0 Å². The lowest BCUT2D eigenvalue weighted by Crippen LogP contribution is -2.30. The number of carbonyl (C=O) groups is 1. The van der Waals surface area contributed by atoms with Crippen molar-refractivity contribution < 1.29 is 13.9 Å². The predicted molar refractivity (Wildman–Crippen MR) is 99.9 cm³/mol. The molecule has 4 nitrogen and oxygen atoms in total. The number of nitrogens with zero attached hydrogens (tertiary/aromatic N) is 1. The number of hydrogen-bond acceptors (Lipinski definition) is 3. The summed E-state index contributed by atoms with van der Waals surface area (Å²) in [5.41, 5.74) is 2.44. The Balaban J connectivity index is 1.99.